The van der Waals surface area contributed by atoms with Crippen LogP contribution in [0.2, 0.25) is 0 Å². The summed E-state index contributed by atoms with van der Waals surface area (Å²) < 4.78 is 6.29. The topological polar surface area (TPSA) is 9.23 Å². The largest absolute Gasteiger partial charge is 0.374 e. The number of fused-ring (bicyclic) bond motifs is 1. The van der Waals surface area contributed by atoms with Crippen LogP contribution in [0.3, 0.4) is 0 Å². The monoisotopic (exact) mass is 256 g/mol. The van der Waals surface area contributed by atoms with Gasteiger partial charge in [0.25, 0.3) is 0 Å². The van der Waals surface area contributed by atoms with Crippen LogP contribution in [0, 0.1) is 5.92 Å². The average Bonchev–Trinajstić information content (AvgIpc) is 2.47. The first-order valence-electron chi connectivity index (χ1n) is 7.65. The van der Waals surface area contributed by atoms with Gasteiger partial charge in [0.05, 0.1) is 5.60 Å². The predicted molar refractivity (Wildman–Crippen MR) is 79.3 cm³/mol. The van der Waals surface area contributed by atoms with Gasteiger partial charge in [-0.15, -0.1) is 6.58 Å². The maximum atomic E-state index is 6.29. The van der Waals surface area contributed by atoms with Gasteiger partial charge in [-0.3, -0.25) is 0 Å². The van der Waals surface area contributed by atoms with E-state index in [4.69, 9.17) is 4.74 Å². The zero-order chi connectivity index (χ0) is 13.1. The van der Waals surface area contributed by atoms with Crippen LogP contribution in [0.15, 0.2) is 43.0 Å². The highest BCUT2D eigenvalue weighted by atomic mass is 16.5. The van der Waals surface area contributed by atoms with Gasteiger partial charge in [-0.1, -0.05) is 49.2 Å². The summed E-state index contributed by atoms with van der Waals surface area (Å²) in [6.45, 7) is 4.87. The van der Waals surface area contributed by atoms with E-state index in [-0.39, 0.29) is 5.60 Å². The van der Waals surface area contributed by atoms with E-state index < -0.39 is 0 Å². The van der Waals surface area contributed by atoms with Gasteiger partial charge >= 0.3 is 0 Å². The Balaban J connectivity index is 1.91. The van der Waals surface area contributed by atoms with Crippen LogP contribution in [-0.4, -0.2) is 12.2 Å². The summed E-state index contributed by atoms with van der Waals surface area (Å²) in [4.78, 5) is 0. The minimum atomic E-state index is 0.0821. The third-order valence-corrected chi connectivity index (χ3v) is 5.06. The fraction of sp³-hybridized carbons (Fsp3) is 0.556. The van der Waals surface area contributed by atoms with E-state index in [9.17, 15) is 0 Å². The summed E-state index contributed by atoms with van der Waals surface area (Å²) in [5, 5.41) is 0. The zero-order valence-electron chi connectivity index (χ0n) is 11.7. The van der Waals surface area contributed by atoms with Crippen molar-refractivity contribution < 1.29 is 4.74 Å². The van der Waals surface area contributed by atoms with Gasteiger partial charge in [0.1, 0.15) is 0 Å². The number of rotatable bonds is 3. The van der Waals surface area contributed by atoms with Gasteiger partial charge in [-0.2, -0.15) is 0 Å². The fourth-order valence-corrected chi connectivity index (χ4v) is 4.23. The number of ether oxygens (including phenoxy) is 1. The smallest absolute Gasteiger partial charge is 0.0750 e. The molecule has 1 nitrogen and oxygen atoms in total. The van der Waals surface area contributed by atoms with Gasteiger partial charge in [0.15, 0.2) is 0 Å². The molecule has 0 radical (unpaired) electrons. The van der Waals surface area contributed by atoms with Gasteiger partial charge in [-0.05, 0) is 43.1 Å². The van der Waals surface area contributed by atoms with Crippen molar-refractivity contribution in [3.63, 3.8) is 0 Å². The lowest BCUT2D eigenvalue weighted by molar-refractivity contribution is -0.145. The molecule has 19 heavy (non-hydrogen) atoms. The first-order chi connectivity index (χ1) is 9.36. The molecule has 0 bridgehead atoms. The van der Waals surface area contributed by atoms with E-state index in [2.05, 4.69) is 43.0 Å². The Morgan fingerprint density at radius 3 is 2.84 bits per heavy atom. The van der Waals surface area contributed by atoms with Crippen LogP contribution >= 0.6 is 0 Å². The Morgan fingerprint density at radius 1 is 1.21 bits per heavy atom. The third-order valence-electron chi connectivity index (χ3n) is 5.06. The van der Waals surface area contributed by atoms with Crippen LogP contribution < -0.4 is 0 Å². The molecule has 2 aliphatic rings. The van der Waals surface area contributed by atoms with Crippen molar-refractivity contribution in [3.05, 3.63) is 48.6 Å². The van der Waals surface area contributed by atoms with E-state index >= 15 is 0 Å². The van der Waals surface area contributed by atoms with Gasteiger partial charge in [0, 0.05) is 6.61 Å². The molecule has 0 N–H and O–H groups in total. The van der Waals surface area contributed by atoms with E-state index in [0.717, 1.165) is 13.0 Å². The molecule has 1 aromatic rings. The number of hydrogen-bond donors (Lipinski definition) is 0. The highest BCUT2D eigenvalue weighted by Crippen LogP contribution is 2.50. The van der Waals surface area contributed by atoms with Crippen LogP contribution in [0.4, 0.5) is 0 Å². The van der Waals surface area contributed by atoms with Crippen LogP contribution in [-0.2, 0) is 4.74 Å². The molecule has 1 aliphatic heterocycles. The third kappa shape index (κ3) is 2.36. The molecule has 0 unspecified atom stereocenters. The zero-order valence-corrected chi connectivity index (χ0v) is 11.7. The van der Waals surface area contributed by atoms with Crippen molar-refractivity contribution in [2.24, 2.45) is 5.92 Å². The average molecular weight is 256 g/mol. The number of benzene rings is 1. The maximum absolute atomic E-state index is 6.29. The molecule has 3 rings (SSSR count). The molecular weight excluding hydrogens is 232 g/mol. The van der Waals surface area contributed by atoms with Gasteiger partial charge in [0.2, 0.25) is 0 Å². The highest BCUT2D eigenvalue weighted by molar-refractivity contribution is 5.23. The molecule has 1 aromatic carbocycles. The molecule has 1 heteroatoms. The first-order valence-corrected chi connectivity index (χ1v) is 7.65. The molecule has 1 saturated heterocycles. The molecule has 102 valence electrons. The Hall–Kier alpha value is -1.08. The van der Waals surface area contributed by atoms with E-state index in [1.165, 1.54) is 37.7 Å². The normalized spacial score (nSPS) is 34.5. The van der Waals surface area contributed by atoms with Crippen molar-refractivity contribution in [2.45, 2.75) is 50.0 Å². The molecule has 1 aliphatic carbocycles. The van der Waals surface area contributed by atoms with Gasteiger partial charge < -0.3 is 4.74 Å². The van der Waals surface area contributed by atoms with Crippen molar-refractivity contribution in [3.8, 4) is 0 Å². The first kappa shape index (κ1) is 12.9. The molecule has 0 aromatic heterocycles. The van der Waals surface area contributed by atoms with Crippen LogP contribution in [0.1, 0.15) is 50.0 Å². The second-order valence-corrected chi connectivity index (χ2v) is 6.06. The number of hydrogen-bond acceptors (Lipinski definition) is 1. The maximum Gasteiger partial charge on any atom is 0.0750 e. The second-order valence-electron chi connectivity index (χ2n) is 6.06. The fourth-order valence-electron chi connectivity index (χ4n) is 4.23. The molecule has 2 fully saturated rings. The predicted octanol–water partition coefficient (Wildman–Crippen LogP) is 4.70. The van der Waals surface area contributed by atoms with Crippen molar-refractivity contribution in [1.82, 2.24) is 0 Å². The quantitative estimate of drug-likeness (QED) is 0.712. The summed E-state index contributed by atoms with van der Waals surface area (Å²) in [5.41, 5.74) is 1.59. The summed E-state index contributed by atoms with van der Waals surface area (Å²) in [7, 11) is 0. The lowest BCUT2D eigenvalue weighted by atomic mass is 9.64. The Kier molecular flexibility index (Phi) is 3.74. The van der Waals surface area contributed by atoms with Crippen LogP contribution in [0.5, 0.6) is 0 Å². The molecule has 3 atom stereocenters. The van der Waals surface area contributed by atoms with E-state index in [0.29, 0.717) is 11.8 Å². The summed E-state index contributed by atoms with van der Waals surface area (Å²) in [6.07, 6.45) is 9.45. The summed E-state index contributed by atoms with van der Waals surface area (Å²) in [5.74, 6) is 1.35. The Labute approximate surface area is 116 Å². The molecule has 0 spiro atoms. The Bertz CT molecular complexity index is 421. The summed E-state index contributed by atoms with van der Waals surface area (Å²) >= 11 is 0. The molecule has 1 heterocycles. The van der Waals surface area contributed by atoms with Gasteiger partial charge in [-0.25, -0.2) is 0 Å². The highest BCUT2D eigenvalue weighted by Gasteiger charge is 2.47. The van der Waals surface area contributed by atoms with Crippen LogP contribution in [0.25, 0.3) is 0 Å². The standard InChI is InChI=1S/C18H24O/c1-2-12-18-13-7-6-10-17(18)16(11-14-19-18)15-8-4-3-5-9-15/h2-5,8-9,16-17H,1,6-7,10-14H2/t16-,17-,18-/m0/s1. The molecule has 0 amide bonds. The van der Waals surface area contributed by atoms with E-state index in [1.807, 2.05) is 0 Å². The Morgan fingerprint density at radius 2 is 2.05 bits per heavy atom. The molecule has 1 saturated carbocycles. The van der Waals surface area contributed by atoms with Crippen molar-refractivity contribution in [1.29, 1.82) is 0 Å². The lowest BCUT2D eigenvalue weighted by Crippen LogP contribution is -2.49. The molecular formula is C18H24O. The minimum Gasteiger partial charge on any atom is -0.374 e. The minimum absolute atomic E-state index is 0.0821. The SMILES string of the molecule is C=CC[C@]12CCCC[C@H]1[C@H](c1ccccc1)CCO2. The van der Waals surface area contributed by atoms with Crippen molar-refractivity contribution in [2.75, 3.05) is 6.61 Å². The van der Waals surface area contributed by atoms with Crippen molar-refractivity contribution >= 4 is 0 Å². The lowest BCUT2D eigenvalue weighted by Gasteiger charge is -2.51. The second kappa shape index (κ2) is 5.50. The van der Waals surface area contributed by atoms with E-state index in [1.54, 1.807) is 0 Å². The summed E-state index contributed by atoms with van der Waals surface area (Å²) in [6, 6.07) is 11.0.